The summed E-state index contributed by atoms with van der Waals surface area (Å²) in [5.41, 5.74) is 0.0483. The van der Waals surface area contributed by atoms with E-state index in [1.165, 1.54) is 0 Å². The number of imide groups is 1. The minimum Gasteiger partial charge on any atom is -0.350 e. The molecule has 0 aliphatic carbocycles. The predicted molar refractivity (Wildman–Crippen MR) is 91.6 cm³/mol. The average molecular weight is 352 g/mol. The molecule has 1 aliphatic rings. The molecule has 1 saturated heterocycles. The van der Waals surface area contributed by atoms with Gasteiger partial charge in [-0.05, 0) is 44.9 Å². The van der Waals surface area contributed by atoms with Crippen molar-refractivity contribution in [1.82, 2.24) is 15.5 Å². The number of nitrogens with zero attached hydrogens (tertiary/aromatic N) is 1. The van der Waals surface area contributed by atoms with Gasteiger partial charge in [0.25, 0.3) is 5.91 Å². The van der Waals surface area contributed by atoms with E-state index in [4.69, 9.17) is 11.6 Å². The third kappa shape index (κ3) is 4.26. The fourth-order valence-electron chi connectivity index (χ4n) is 2.59. The van der Waals surface area contributed by atoms with E-state index in [9.17, 15) is 14.4 Å². The van der Waals surface area contributed by atoms with Gasteiger partial charge in [-0.2, -0.15) is 0 Å². The molecule has 0 radical (unpaired) electrons. The van der Waals surface area contributed by atoms with Gasteiger partial charge in [0.2, 0.25) is 5.91 Å². The van der Waals surface area contributed by atoms with Crippen molar-refractivity contribution in [2.24, 2.45) is 0 Å². The molecule has 0 saturated carbocycles. The fourth-order valence-corrected chi connectivity index (χ4v) is 2.79. The molecule has 7 heteroatoms. The van der Waals surface area contributed by atoms with Crippen molar-refractivity contribution in [1.29, 1.82) is 0 Å². The van der Waals surface area contributed by atoms with Crippen LogP contribution in [0.25, 0.3) is 0 Å². The minimum absolute atomic E-state index is 0.131. The summed E-state index contributed by atoms with van der Waals surface area (Å²) in [6, 6.07) is 6.75. The highest BCUT2D eigenvalue weighted by Gasteiger charge is 2.43. The molecule has 2 rings (SSSR count). The number of carbonyl (C=O) groups is 3. The maximum Gasteiger partial charge on any atom is 0.325 e. The van der Waals surface area contributed by atoms with Crippen LogP contribution in [0.15, 0.2) is 24.3 Å². The van der Waals surface area contributed by atoms with Crippen LogP contribution in [0.1, 0.15) is 45.2 Å². The normalized spacial score (nSPS) is 17.6. The van der Waals surface area contributed by atoms with E-state index in [0.717, 1.165) is 10.5 Å². The van der Waals surface area contributed by atoms with Crippen LogP contribution in [0.2, 0.25) is 5.02 Å². The Labute approximate surface area is 146 Å². The second-order valence-electron chi connectivity index (χ2n) is 6.46. The van der Waals surface area contributed by atoms with Crippen molar-refractivity contribution in [3.8, 4) is 0 Å². The van der Waals surface area contributed by atoms with Gasteiger partial charge >= 0.3 is 6.03 Å². The lowest BCUT2D eigenvalue weighted by atomic mass is 10.1. The van der Waals surface area contributed by atoms with Gasteiger partial charge in [0, 0.05) is 18.0 Å². The molecule has 24 heavy (non-hydrogen) atoms. The molecule has 0 bridgehead atoms. The van der Waals surface area contributed by atoms with Crippen LogP contribution in [-0.2, 0) is 9.59 Å². The Balaban J connectivity index is 1.80. The van der Waals surface area contributed by atoms with Gasteiger partial charge in [0.05, 0.1) is 6.04 Å². The van der Waals surface area contributed by atoms with Crippen molar-refractivity contribution in [2.45, 2.75) is 45.2 Å². The van der Waals surface area contributed by atoms with Crippen LogP contribution in [0.3, 0.4) is 0 Å². The largest absolute Gasteiger partial charge is 0.350 e. The van der Waals surface area contributed by atoms with Crippen LogP contribution in [0.4, 0.5) is 4.79 Å². The molecule has 6 nitrogen and oxygen atoms in total. The highest BCUT2D eigenvalue weighted by atomic mass is 35.5. The zero-order chi connectivity index (χ0) is 17.9. The first-order valence-corrected chi connectivity index (χ1v) is 8.27. The van der Waals surface area contributed by atoms with E-state index in [1.807, 2.05) is 25.1 Å². The van der Waals surface area contributed by atoms with Crippen molar-refractivity contribution in [2.75, 3.05) is 6.54 Å². The standard InChI is InChI=1S/C17H22ClN3O3/c1-11(12-6-4-7-13(18)10-12)19-14(22)8-5-9-21-15(23)17(2,3)20-16(21)24/h4,6-7,10-11H,5,8-9H2,1-3H3,(H,19,22)(H,20,24). The van der Waals surface area contributed by atoms with Crippen LogP contribution in [-0.4, -0.2) is 34.8 Å². The molecule has 1 heterocycles. The molecule has 0 spiro atoms. The lowest BCUT2D eigenvalue weighted by Gasteiger charge is -2.17. The number of nitrogens with one attached hydrogen (secondary N) is 2. The number of carbonyl (C=O) groups excluding carboxylic acids is 3. The SMILES string of the molecule is CC(NC(=O)CCCN1C(=O)NC(C)(C)C1=O)c1cccc(Cl)c1. The summed E-state index contributed by atoms with van der Waals surface area (Å²) < 4.78 is 0. The predicted octanol–water partition coefficient (Wildman–Crippen LogP) is 2.63. The van der Waals surface area contributed by atoms with E-state index < -0.39 is 11.6 Å². The number of hydrogen-bond donors (Lipinski definition) is 2. The van der Waals surface area contributed by atoms with E-state index in [1.54, 1.807) is 19.9 Å². The smallest absolute Gasteiger partial charge is 0.325 e. The summed E-state index contributed by atoms with van der Waals surface area (Å²) in [5, 5.41) is 6.12. The van der Waals surface area contributed by atoms with Gasteiger partial charge in [-0.1, -0.05) is 23.7 Å². The lowest BCUT2D eigenvalue weighted by Crippen LogP contribution is -2.40. The molecule has 130 valence electrons. The second-order valence-corrected chi connectivity index (χ2v) is 6.90. The third-order valence-corrected chi connectivity index (χ3v) is 4.19. The average Bonchev–Trinajstić information content (AvgIpc) is 2.68. The molecule has 1 aliphatic heterocycles. The first-order chi connectivity index (χ1) is 11.2. The summed E-state index contributed by atoms with van der Waals surface area (Å²) >= 11 is 5.94. The highest BCUT2D eigenvalue weighted by Crippen LogP contribution is 2.18. The first-order valence-electron chi connectivity index (χ1n) is 7.89. The Hall–Kier alpha value is -2.08. The Morgan fingerprint density at radius 3 is 2.67 bits per heavy atom. The van der Waals surface area contributed by atoms with Crippen LogP contribution >= 0.6 is 11.6 Å². The molecule has 4 amide bonds. The molecular weight excluding hydrogens is 330 g/mol. The topological polar surface area (TPSA) is 78.5 Å². The van der Waals surface area contributed by atoms with Crippen molar-refractivity contribution >= 4 is 29.4 Å². The summed E-state index contributed by atoms with van der Waals surface area (Å²) in [7, 11) is 0. The Morgan fingerprint density at radius 1 is 1.38 bits per heavy atom. The Morgan fingerprint density at radius 2 is 2.08 bits per heavy atom. The first kappa shape index (κ1) is 18.3. The van der Waals surface area contributed by atoms with E-state index in [0.29, 0.717) is 11.4 Å². The van der Waals surface area contributed by atoms with Gasteiger partial charge in [0.1, 0.15) is 5.54 Å². The molecule has 2 N–H and O–H groups in total. The molecule has 1 fully saturated rings. The van der Waals surface area contributed by atoms with Gasteiger partial charge in [-0.15, -0.1) is 0 Å². The molecule has 1 unspecified atom stereocenters. The summed E-state index contributed by atoms with van der Waals surface area (Å²) in [6.07, 6.45) is 0.658. The molecule has 1 atom stereocenters. The fraction of sp³-hybridized carbons (Fsp3) is 0.471. The molecule has 1 aromatic carbocycles. The number of urea groups is 1. The Bertz CT molecular complexity index is 660. The zero-order valence-corrected chi connectivity index (χ0v) is 14.8. The minimum atomic E-state index is -0.875. The van der Waals surface area contributed by atoms with Crippen molar-refractivity contribution in [3.63, 3.8) is 0 Å². The summed E-state index contributed by atoms with van der Waals surface area (Å²) in [6.45, 7) is 5.43. The highest BCUT2D eigenvalue weighted by molar-refractivity contribution is 6.30. The quantitative estimate of drug-likeness (QED) is 0.773. The van der Waals surface area contributed by atoms with Crippen molar-refractivity contribution < 1.29 is 14.4 Å². The van der Waals surface area contributed by atoms with E-state index in [-0.39, 0.29) is 30.8 Å². The number of amides is 4. The molecular formula is C17H22ClN3O3. The van der Waals surface area contributed by atoms with Gasteiger partial charge in [-0.25, -0.2) is 4.79 Å². The lowest BCUT2D eigenvalue weighted by molar-refractivity contribution is -0.130. The summed E-state index contributed by atoms with van der Waals surface area (Å²) in [5.74, 6) is -0.394. The van der Waals surface area contributed by atoms with Gasteiger partial charge < -0.3 is 10.6 Å². The van der Waals surface area contributed by atoms with Gasteiger partial charge in [0.15, 0.2) is 0 Å². The Kier molecular flexibility index (Phi) is 5.49. The van der Waals surface area contributed by atoms with Crippen LogP contribution < -0.4 is 10.6 Å². The van der Waals surface area contributed by atoms with Crippen molar-refractivity contribution in [3.05, 3.63) is 34.9 Å². The summed E-state index contributed by atoms with van der Waals surface area (Å²) in [4.78, 5) is 37.0. The number of rotatable bonds is 6. The van der Waals surface area contributed by atoms with Crippen LogP contribution in [0.5, 0.6) is 0 Å². The monoisotopic (exact) mass is 351 g/mol. The maximum absolute atomic E-state index is 12.0. The third-order valence-electron chi connectivity index (χ3n) is 3.96. The number of halogens is 1. The van der Waals surface area contributed by atoms with E-state index >= 15 is 0 Å². The zero-order valence-electron chi connectivity index (χ0n) is 14.1. The molecule has 0 aromatic heterocycles. The van der Waals surface area contributed by atoms with Gasteiger partial charge in [-0.3, -0.25) is 14.5 Å². The van der Waals surface area contributed by atoms with E-state index in [2.05, 4.69) is 10.6 Å². The number of hydrogen-bond acceptors (Lipinski definition) is 3. The maximum atomic E-state index is 12.0. The second kappa shape index (κ2) is 7.21. The number of benzene rings is 1. The molecule has 1 aromatic rings. The van der Waals surface area contributed by atoms with Crippen LogP contribution in [0, 0.1) is 0 Å².